The number of rotatable bonds is 6. The molecule has 0 aromatic heterocycles. The highest BCUT2D eigenvalue weighted by atomic mass is 16.5. The predicted molar refractivity (Wildman–Crippen MR) is 68.1 cm³/mol. The topological polar surface area (TPSA) is 81.8 Å². The van der Waals surface area contributed by atoms with E-state index in [0.717, 1.165) is 5.56 Å². The number of aliphatic carboxylic acids is 1. The Morgan fingerprint density at radius 3 is 2.61 bits per heavy atom. The first-order valence-corrected chi connectivity index (χ1v) is 5.78. The highest BCUT2D eigenvalue weighted by Gasteiger charge is 2.17. The normalized spacial score (nSPS) is 12.0. The fourth-order valence-electron chi connectivity index (χ4n) is 1.75. The van der Waals surface area contributed by atoms with E-state index < -0.39 is 12.0 Å². The molecule has 0 aliphatic rings. The molecule has 0 saturated heterocycles. The summed E-state index contributed by atoms with van der Waals surface area (Å²) in [4.78, 5) is 10.7. The minimum atomic E-state index is -0.942. The molecule has 0 bridgehead atoms. The van der Waals surface area contributed by atoms with Gasteiger partial charge in [-0.1, -0.05) is 0 Å². The van der Waals surface area contributed by atoms with E-state index in [4.69, 9.17) is 20.3 Å². The van der Waals surface area contributed by atoms with E-state index in [2.05, 4.69) is 0 Å². The van der Waals surface area contributed by atoms with Gasteiger partial charge >= 0.3 is 5.97 Å². The molecule has 3 N–H and O–H groups in total. The summed E-state index contributed by atoms with van der Waals surface area (Å²) in [5, 5.41) is 8.78. The first kappa shape index (κ1) is 14.3. The van der Waals surface area contributed by atoms with Crippen LogP contribution >= 0.6 is 0 Å². The lowest BCUT2D eigenvalue weighted by Gasteiger charge is -2.17. The molecule has 0 radical (unpaired) electrons. The van der Waals surface area contributed by atoms with E-state index >= 15 is 0 Å². The van der Waals surface area contributed by atoms with Gasteiger partial charge in [0, 0.05) is 11.6 Å². The molecule has 0 aliphatic carbocycles. The Bertz CT molecular complexity index is 431. The Morgan fingerprint density at radius 1 is 1.44 bits per heavy atom. The van der Waals surface area contributed by atoms with Crippen molar-refractivity contribution in [1.82, 2.24) is 0 Å². The van der Waals surface area contributed by atoms with Crippen LogP contribution in [0.4, 0.5) is 0 Å². The number of hydrogen-bond donors (Lipinski definition) is 2. The van der Waals surface area contributed by atoms with Gasteiger partial charge in [-0.2, -0.15) is 0 Å². The van der Waals surface area contributed by atoms with Crippen molar-refractivity contribution in [2.24, 2.45) is 5.73 Å². The summed E-state index contributed by atoms with van der Waals surface area (Å²) in [5.41, 5.74) is 7.45. The number of nitrogens with two attached hydrogens (primary N) is 1. The average Bonchev–Trinajstić information content (AvgIpc) is 2.30. The second-order valence-corrected chi connectivity index (χ2v) is 4.00. The third kappa shape index (κ3) is 3.37. The molecule has 100 valence electrons. The Hall–Kier alpha value is -1.75. The Balaban J connectivity index is 3.14. The van der Waals surface area contributed by atoms with Crippen LogP contribution in [0.1, 0.15) is 30.5 Å². The number of hydrogen-bond acceptors (Lipinski definition) is 4. The molecule has 0 spiro atoms. The fourth-order valence-corrected chi connectivity index (χ4v) is 1.75. The Labute approximate surface area is 107 Å². The van der Waals surface area contributed by atoms with Gasteiger partial charge in [0.05, 0.1) is 20.1 Å². The first-order chi connectivity index (χ1) is 8.49. The minimum absolute atomic E-state index is 0.148. The van der Waals surface area contributed by atoms with Crippen LogP contribution in [0.3, 0.4) is 0 Å². The van der Waals surface area contributed by atoms with Crippen molar-refractivity contribution in [3.8, 4) is 11.5 Å². The van der Waals surface area contributed by atoms with E-state index in [9.17, 15) is 4.79 Å². The lowest BCUT2D eigenvalue weighted by atomic mass is 10.0. The summed E-state index contributed by atoms with van der Waals surface area (Å²) >= 11 is 0. The molecule has 1 atom stereocenters. The standard InChI is InChI=1S/C13H19NO4/c1-4-18-11-6-9(10(14)7-13(15)16)12(17-3)5-8(11)2/h5-6,10H,4,7,14H2,1-3H3,(H,15,16). The predicted octanol–water partition coefficient (Wildman–Crippen LogP) is 1.88. The molecule has 0 amide bonds. The largest absolute Gasteiger partial charge is 0.496 e. The van der Waals surface area contributed by atoms with Gasteiger partial charge in [0.1, 0.15) is 11.5 Å². The molecule has 1 unspecified atom stereocenters. The summed E-state index contributed by atoms with van der Waals surface area (Å²) in [6, 6.07) is 2.95. The zero-order chi connectivity index (χ0) is 13.7. The summed E-state index contributed by atoms with van der Waals surface area (Å²) in [5.74, 6) is 0.349. The second kappa shape index (κ2) is 6.26. The van der Waals surface area contributed by atoms with Crippen molar-refractivity contribution in [1.29, 1.82) is 0 Å². The van der Waals surface area contributed by atoms with Gasteiger partial charge in [-0.15, -0.1) is 0 Å². The Kier molecular flexibility index (Phi) is 4.97. The van der Waals surface area contributed by atoms with Crippen molar-refractivity contribution in [3.05, 3.63) is 23.3 Å². The lowest BCUT2D eigenvalue weighted by molar-refractivity contribution is -0.137. The van der Waals surface area contributed by atoms with Crippen LogP contribution in [0.25, 0.3) is 0 Å². The summed E-state index contributed by atoms with van der Waals surface area (Å²) in [6.07, 6.45) is -0.148. The fraction of sp³-hybridized carbons (Fsp3) is 0.462. The molecule has 1 aromatic rings. The molecule has 1 aromatic carbocycles. The van der Waals surface area contributed by atoms with Crippen LogP contribution in [0.15, 0.2) is 12.1 Å². The zero-order valence-electron chi connectivity index (χ0n) is 10.9. The van der Waals surface area contributed by atoms with Crippen molar-refractivity contribution < 1.29 is 19.4 Å². The SMILES string of the molecule is CCOc1cc(C(N)CC(=O)O)c(OC)cc1C. The molecular formula is C13H19NO4. The maximum atomic E-state index is 10.7. The third-order valence-corrected chi connectivity index (χ3v) is 2.62. The van der Waals surface area contributed by atoms with Crippen LogP contribution in [-0.2, 0) is 4.79 Å². The van der Waals surface area contributed by atoms with Crippen molar-refractivity contribution in [3.63, 3.8) is 0 Å². The molecule has 18 heavy (non-hydrogen) atoms. The number of carboxylic acid groups (broad SMARTS) is 1. The maximum absolute atomic E-state index is 10.7. The van der Waals surface area contributed by atoms with Gasteiger partial charge in [0.15, 0.2) is 0 Å². The van der Waals surface area contributed by atoms with Gasteiger partial charge in [-0.25, -0.2) is 0 Å². The molecule has 0 heterocycles. The number of ether oxygens (including phenoxy) is 2. The third-order valence-electron chi connectivity index (χ3n) is 2.62. The lowest BCUT2D eigenvalue weighted by Crippen LogP contribution is -2.16. The van der Waals surface area contributed by atoms with Crippen molar-refractivity contribution in [2.45, 2.75) is 26.3 Å². The molecule has 0 fully saturated rings. The van der Waals surface area contributed by atoms with Gasteiger partial charge in [-0.3, -0.25) is 4.79 Å². The molecule has 1 rings (SSSR count). The van der Waals surface area contributed by atoms with Gasteiger partial charge in [-0.05, 0) is 31.5 Å². The second-order valence-electron chi connectivity index (χ2n) is 4.00. The minimum Gasteiger partial charge on any atom is -0.496 e. The summed E-state index contributed by atoms with van der Waals surface area (Å²) in [6.45, 7) is 4.33. The maximum Gasteiger partial charge on any atom is 0.305 e. The monoisotopic (exact) mass is 253 g/mol. The van der Waals surface area contributed by atoms with Crippen molar-refractivity contribution in [2.75, 3.05) is 13.7 Å². The van der Waals surface area contributed by atoms with Crippen LogP contribution in [0.2, 0.25) is 0 Å². The highest BCUT2D eigenvalue weighted by Crippen LogP contribution is 2.32. The molecular weight excluding hydrogens is 234 g/mol. The zero-order valence-corrected chi connectivity index (χ0v) is 10.9. The quantitative estimate of drug-likeness (QED) is 0.808. The molecule has 5 heteroatoms. The number of carboxylic acids is 1. The van der Waals surface area contributed by atoms with Gasteiger partial charge in [0.25, 0.3) is 0 Å². The number of benzene rings is 1. The smallest absolute Gasteiger partial charge is 0.305 e. The molecule has 0 saturated carbocycles. The van der Waals surface area contributed by atoms with Crippen LogP contribution in [0, 0.1) is 6.92 Å². The van der Waals surface area contributed by atoms with Crippen molar-refractivity contribution >= 4 is 5.97 Å². The number of carbonyl (C=O) groups is 1. The first-order valence-electron chi connectivity index (χ1n) is 5.78. The van der Waals surface area contributed by atoms with E-state index in [1.807, 2.05) is 19.9 Å². The van der Waals surface area contributed by atoms with Crippen LogP contribution < -0.4 is 15.2 Å². The van der Waals surface area contributed by atoms with E-state index in [1.54, 1.807) is 6.07 Å². The van der Waals surface area contributed by atoms with Crippen LogP contribution in [-0.4, -0.2) is 24.8 Å². The summed E-state index contributed by atoms with van der Waals surface area (Å²) < 4.78 is 10.7. The average molecular weight is 253 g/mol. The summed E-state index contributed by atoms with van der Waals surface area (Å²) in [7, 11) is 1.53. The molecule has 5 nitrogen and oxygen atoms in total. The van der Waals surface area contributed by atoms with E-state index in [1.165, 1.54) is 7.11 Å². The van der Waals surface area contributed by atoms with Gasteiger partial charge < -0.3 is 20.3 Å². The number of aryl methyl sites for hydroxylation is 1. The highest BCUT2D eigenvalue weighted by molar-refractivity contribution is 5.68. The van der Waals surface area contributed by atoms with Gasteiger partial charge in [0.2, 0.25) is 0 Å². The number of methoxy groups -OCH3 is 1. The van der Waals surface area contributed by atoms with E-state index in [-0.39, 0.29) is 6.42 Å². The molecule has 0 aliphatic heterocycles. The Morgan fingerprint density at radius 2 is 2.11 bits per heavy atom. The van der Waals surface area contributed by atoms with Crippen LogP contribution in [0.5, 0.6) is 11.5 Å². The van der Waals surface area contributed by atoms with E-state index in [0.29, 0.717) is 23.7 Å².